The molecule has 0 saturated carbocycles. The largest absolute Gasteiger partial charge is 0.352 e. The number of H-pyrrole nitrogens is 1. The van der Waals surface area contributed by atoms with Crippen LogP contribution in [0, 0.1) is 12.8 Å². The summed E-state index contributed by atoms with van der Waals surface area (Å²) >= 11 is 0. The van der Waals surface area contributed by atoms with Gasteiger partial charge in [-0.2, -0.15) is 0 Å². The van der Waals surface area contributed by atoms with Gasteiger partial charge in [-0.1, -0.05) is 27.2 Å². The van der Waals surface area contributed by atoms with Crippen molar-refractivity contribution in [2.75, 3.05) is 6.54 Å². The van der Waals surface area contributed by atoms with Gasteiger partial charge in [-0.3, -0.25) is 9.59 Å². The Balaban J connectivity index is 2.89. The lowest BCUT2D eigenvalue weighted by Gasteiger charge is -2.11. The molecule has 0 aliphatic carbocycles. The lowest BCUT2D eigenvalue weighted by Crippen LogP contribution is -2.33. The predicted octanol–water partition coefficient (Wildman–Crippen LogP) is 2.02. The van der Waals surface area contributed by atoms with Crippen LogP contribution in [0.15, 0.2) is 10.9 Å². The second-order valence-electron chi connectivity index (χ2n) is 4.74. The van der Waals surface area contributed by atoms with Crippen molar-refractivity contribution in [3.63, 3.8) is 0 Å². The van der Waals surface area contributed by atoms with Crippen molar-refractivity contribution in [2.45, 2.75) is 40.5 Å². The van der Waals surface area contributed by atoms with Gasteiger partial charge in [0.1, 0.15) is 5.56 Å². The van der Waals surface area contributed by atoms with Crippen LogP contribution in [-0.2, 0) is 6.42 Å². The topological polar surface area (TPSA) is 62.0 Å². The molecule has 0 unspecified atom stereocenters. The zero-order chi connectivity index (χ0) is 13.7. The minimum absolute atomic E-state index is 0.209. The van der Waals surface area contributed by atoms with Crippen molar-refractivity contribution in [2.24, 2.45) is 5.92 Å². The van der Waals surface area contributed by atoms with Gasteiger partial charge in [0.25, 0.3) is 11.5 Å². The summed E-state index contributed by atoms with van der Waals surface area (Å²) in [5.41, 5.74) is 1.73. The predicted molar refractivity (Wildman–Crippen MR) is 73.0 cm³/mol. The molecule has 0 spiro atoms. The lowest BCUT2D eigenvalue weighted by molar-refractivity contribution is 0.0946. The van der Waals surface area contributed by atoms with Gasteiger partial charge in [0.05, 0.1) is 0 Å². The van der Waals surface area contributed by atoms with E-state index in [4.69, 9.17) is 0 Å². The highest BCUT2D eigenvalue weighted by molar-refractivity contribution is 5.94. The SMILES string of the molecule is CCc1cc(C(=O)NC[C@@H](C)CC)c(=O)[nH]c1C. The number of pyridine rings is 1. The third kappa shape index (κ3) is 3.45. The standard InChI is InChI=1S/C14H22N2O2/c1-5-9(3)8-15-13(17)12-7-11(6-2)10(4)16-14(12)18/h7,9H,5-6,8H2,1-4H3,(H,15,17)(H,16,18)/t9-/m0/s1. The fraction of sp³-hybridized carbons (Fsp3) is 0.571. The summed E-state index contributed by atoms with van der Waals surface area (Å²) in [6, 6.07) is 1.69. The number of hydrogen-bond donors (Lipinski definition) is 2. The highest BCUT2D eigenvalue weighted by Crippen LogP contribution is 2.06. The van der Waals surface area contributed by atoms with E-state index in [0.29, 0.717) is 12.5 Å². The number of aryl methyl sites for hydroxylation is 2. The molecule has 1 rings (SSSR count). The Kier molecular flexibility index (Phi) is 5.13. The van der Waals surface area contributed by atoms with E-state index in [0.717, 1.165) is 24.1 Å². The highest BCUT2D eigenvalue weighted by atomic mass is 16.2. The first-order valence-corrected chi connectivity index (χ1v) is 6.50. The fourth-order valence-corrected chi connectivity index (χ4v) is 1.71. The van der Waals surface area contributed by atoms with Gasteiger partial charge in [-0.25, -0.2) is 0 Å². The monoisotopic (exact) mass is 250 g/mol. The van der Waals surface area contributed by atoms with Gasteiger partial charge >= 0.3 is 0 Å². The zero-order valence-electron chi connectivity index (χ0n) is 11.6. The van der Waals surface area contributed by atoms with Crippen LogP contribution in [-0.4, -0.2) is 17.4 Å². The van der Waals surface area contributed by atoms with Gasteiger partial charge in [-0.15, -0.1) is 0 Å². The summed E-state index contributed by atoms with van der Waals surface area (Å²) < 4.78 is 0. The minimum Gasteiger partial charge on any atom is -0.352 e. The molecule has 18 heavy (non-hydrogen) atoms. The maximum absolute atomic E-state index is 11.9. The maximum atomic E-state index is 11.9. The number of carbonyl (C=O) groups is 1. The Hall–Kier alpha value is -1.58. The molecule has 1 aromatic rings. The fourth-order valence-electron chi connectivity index (χ4n) is 1.71. The average molecular weight is 250 g/mol. The van der Waals surface area contributed by atoms with E-state index in [1.807, 2.05) is 13.8 Å². The third-order valence-corrected chi connectivity index (χ3v) is 3.28. The Morgan fingerprint density at radius 3 is 2.67 bits per heavy atom. The Labute approximate surface area is 108 Å². The van der Waals surface area contributed by atoms with E-state index in [1.165, 1.54) is 0 Å². The van der Waals surface area contributed by atoms with Crippen LogP contribution in [0.25, 0.3) is 0 Å². The number of hydrogen-bond acceptors (Lipinski definition) is 2. The molecular weight excluding hydrogens is 228 g/mol. The quantitative estimate of drug-likeness (QED) is 0.840. The molecule has 100 valence electrons. The van der Waals surface area contributed by atoms with Gasteiger partial charge < -0.3 is 10.3 Å². The normalized spacial score (nSPS) is 12.2. The highest BCUT2D eigenvalue weighted by Gasteiger charge is 2.13. The first kappa shape index (κ1) is 14.5. The number of carbonyl (C=O) groups excluding carboxylic acids is 1. The molecule has 0 bridgehead atoms. The van der Waals surface area contributed by atoms with E-state index in [-0.39, 0.29) is 17.0 Å². The summed E-state index contributed by atoms with van der Waals surface area (Å²) in [4.78, 5) is 26.4. The zero-order valence-corrected chi connectivity index (χ0v) is 11.6. The lowest BCUT2D eigenvalue weighted by atomic mass is 10.1. The maximum Gasteiger partial charge on any atom is 0.261 e. The van der Waals surface area contributed by atoms with Crippen molar-refractivity contribution in [1.29, 1.82) is 0 Å². The Morgan fingerprint density at radius 2 is 2.11 bits per heavy atom. The average Bonchev–Trinajstić information content (AvgIpc) is 2.35. The number of aromatic amines is 1. The van der Waals surface area contributed by atoms with Crippen LogP contribution in [0.3, 0.4) is 0 Å². The van der Waals surface area contributed by atoms with Gasteiger partial charge in [0, 0.05) is 12.2 Å². The summed E-state index contributed by atoms with van der Waals surface area (Å²) in [6.45, 7) is 8.59. The molecule has 1 amide bonds. The van der Waals surface area contributed by atoms with Crippen molar-refractivity contribution in [1.82, 2.24) is 10.3 Å². The van der Waals surface area contributed by atoms with E-state index >= 15 is 0 Å². The Morgan fingerprint density at radius 1 is 1.44 bits per heavy atom. The van der Waals surface area contributed by atoms with Crippen LogP contribution < -0.4 is 10.9 Å². The van der Waals surface area contributed by atoms with Crippen molar-refractivity contribution < 1.29 is 4.79 Å². The molecule has 2 N–H and O–H groups in total. The van der Waals surface area contributed by atoms with Crippen LogP contribution in [0.4, 0.5) is 0 Å². The Bertz CT molecular complexity index is 477. The van der Waals surface area contributed by atoms with Crippen LogP contribution in [0.5, 0.6) is 0 Å². The first-order chi connectivity index (χ1) is 8.49. The molecule has 1 atom stereocenters. The van der Waals surface area contributed by atoms with Crippen molar-refractivity contribution in [3.05, 3.63) is 33.2 Å². The molecule has 4 heteroatoms. The summed E-state index contributed by atoms with van der Waals surface area (Å²) in [7, 11) is 0. The molecular formula is C14H22N2O2. The molecule has 0 aromatic carbocycles. The second-order valence-corrected chi connectivity index (χ2v) is 4.74. The number of amides is 1. The van der Waals surface area contributed by atoms with E-state index in [2.05, 4.69) is 24.1 Å². The first-order valence-electron chi connectivity index (χ1n) is 6.50. The molecule has 0 fully saturated rings. The molecule has 0 radical (unpaired) electrons. The minimum atomic E-state index is -0.314. The van der Waals surface area contributed by atoms with Crippen LogP contribution in [0.1, 0.15) is 48.8 Å². The van der Waals surface area contributed by atoms with E-state index in [9.17, 15) is 9.59 Å². The van der Waals surface area contributed by atoms with Crippen molar-refractivity contribution in [3.8, 4) is 0 Å². The van der Waals surface area contributed by atoms with E-state index in [1.54, 1.807) is 6.07 Å². The third-order valence-electron chi connectivity index (χ3n) is 3.28. The summed E-state index contributed by atoms with van der Waals surface area (Å²) in [6.07, 6.45) is 1.80. The van der Waals surface area contributed by atoms with Gasteiger partial charge in [0.2, 0.25) is 0 Å². The molecule has 0 aliphatic heterocycles. The number of aromatic nitrogens is 1. The molecule has 4 nitrogen and oxygen atoms in total. The van der Waals surface area contributed by atoms with E-state index < -0.39 is 0 Å². The number of rotatable bonds is 5. The van der Waals surface area contributed by atoms with Crippen LogP contribution in [0.2, 0.25) is 0 Å². The summed E-state index contributed by atoms with van der Waals surface area (Å²) in [5.74, 6) is 0.135. The molecule has 1 heterocycles. The second kappa shape index (κ2) is 6.38. The van der Waals surface area contributed by atoms with Crippen LogP contribution >= 0.6 is 0 Å². The van der Waals surface area contributed by atoms with Gasteiger partial charge in [-0.05, 0) is 30.9 Å². The number of nitrogens with one attached hydrogen (secondary N) is 2. The smallest absolute Gasteiger partial charge is 0.261 e. The van der Waals surface area contributed by atoms with Gasteiger partial charge in [0.15, 0.2) is 0 Å². The molecule has 0 saturated heterocycles. The summed E-state index contributed by atoms with van der Waals surface area (Å²) in [5, 5.41) is 2.80. The molecule has 1 aromatic heterocycles. The molecule has 0 aliphatic rings. The van der Waals surface area contributed by atoms with Crippen molar-refractivity contribution >= 4 is 5.91 Å².